The Morgan fingerprint density at radius 3 is 2.81 bits per heavy atom. The number of hydrogen-bond acceptors (Lipinski definition) is 4. The molecule has 2 N–H and O–H groups in total. The summed E-state index contributed by atoms with van der Waals surface area (Å²) in [6, 6.07) is 7.86. The normalized spacial score (nSPS) is 15.0. The van der Waals surface area contributed by atoms with Crippen LogP contribution in [0.2, 0.25) is 5.02 Å². The van der Waals surface area contributed by atoms with Crippen LogP contribution >= 0.6 is 11.6 Å². The van der Waals surface area contributed by atoms with Gasteiger partial charge < -0.3 is 15.2 Å². The van der Waals surface area contributed by atoms with Crippen LogP contribution in [0.4, 0.5) is 0 Å². The van der Waals surface area contributed by atoms with Gasteiger partial charge in [-0.2, -0.15) is 4.98 Å². The average molecular weight is 306 g/mol. The summed E-state index contributed by atoms with van der Waals surface area (Å²) in [7, 11) is 1.74. The fourth-order valence-electron chi connectivity index (χ4n) is 1.82. The van der Waals surface area contributed by atoms with Crippen molar-refractivity contribution in [2.24, 2.45) is 4.99 Å². The maximum absolute atomic E-state index is 5.86. The first-order chi connectivity index (χ1) is 10.2. The number of hydrogen-bond donors (Lipinski definition) is 2. The van der Waals surface area contributed by atoms with E-state index in [9.17, 15) is 0 Å². The molecule has 2 aromatic rings. The molecular weight excluding hydrogens is 290 g/mol. The van der Waals surface area contributed by atoms with Gasteiger partial charge in [0.05, 0.1) is 6.54 Å². The van der Waals surface area contributed by atoms with Crippen LogP contribution in [0, 0.1) is 0 Å². The van der Waals surface area contributed by atoms with Crippen molar-refractivity contribution in [3.8, 4) is 11.4 Å². The molecule has 1 heterocycles. The van der Waals surface area contributed by atoms with Crippen molar-refractivity contribution in [2.75, 3.05) is 7.05 Å². The number of guanidine groups is 1. The smallest absolute Gasteiger partial charge is 0.246 e. The van der Waals surface area contributed by atoms with E-state index in [0.29, 0.717) is 29.3 Å². The van der Waals surface area contributed by atoms with Crippen molar-refractivity contribution in [1.29, 1.82) is 0 Å². The number of nitrogens with zero attached hydrogens (tertiary/aromatic N) is 3. The Labute approximate surface area is 127 Å². The van der Waals surface area contributed by atoms with Gasteiger partial charge in [-0.05, 0) is 37.1 Å². The molecule has 1 aromatic carbocycles. The lowest BCUT2D eigenvalue weighted by atomic mass is 10.2. The van der Waals surface area contributed by atoms with Crippen LogP contribution in [0.1, 0.15) is 18.7 Å². The van der Waals surface area contributed by atoms with E-state index in [2.05, 4.69) is 25.8 Å². The molecule has 0 amide bonds. The molecule has 110 valence electrons. The van der Waals surface area contributed by atoms with Crippen LogP contribution in [0.25, 0.3) is 11.4 Å². The molecular formula is C14H16ClN5O. The summed E-state index contributed by atoms with van der Waals surface area (Å²) < 4.78 is 5.23. The average Bonchev–Trinajstić information content (AvgIpc) is 3.19. The minimum Gasteiger partial charge on any atom is -0.354 e. The van der Waals surface area contributed by atoms with Crippen molar-refractivity contribution >= 4 is 17.6 Å². The topological polar surface area (TPSA) is 75.3 Å². The zero-order chi connectivity index (χ0) is 14.7. The molecule has 1 saturated carbocycles. The first-order valence-electron chi connectivity index (χ1n) is 6.80. The van der Waals surface area contributed by atoms with E-state index < -0.39 is 0 Å². The van der Waals surface area contributed by atoms with Gasteiger partial charge in [-0.15, -0.1) is 0 Å². The first kappa shape index (κ1) is 13.9. The minimum atomic E-state index is 0.437. The molecule has 1 aromatic heterocycles. The number of rotatable bonds is 4. The van der Waals surface area contributed by atoms with E-state index in [1.807, 2.05) is 12.1 Å². The van der Waals surface area contributed by atoms with Crippen molar-refractivity contribution < 1.29 is 4.52 Å². The lowest BCUT2D eigenvalue weighted by Gasteiger charge is -2.08. The molecule has 1 aliphatic rings. The number of aliphatic imine (C=N–C) groups is 1. The van der Waals surface area contributed by atoms with Gasteiger partial charge in [-0.3, -0.25) is 4.99 Å². The highest BCUT2D eigenvalue weighted by molar-refractivity contribution is 6.30. The van der Waals surface area contributed by atoms with Gasteiger partial charge in [-0.1, -0.05) is 16.8 Å². The van der Waals surface area contributed by atoms with Crippen LogP contribution in [0.15, 0.2) is 33.8 Å². The second kappa shape index (κ2) is 6.13. The molecule has 0 bridgehead atoms. The Kier molecular flexibility index (Phi) is 4.06. The highest BCUT2D eigenvalue weighted by Gasteiger charge is 2.22. The van der Waals surface area contributed by atoms with Gasteiger partial charge in [0.1, 0.15) is 0 Å². The third-order valence-electron chi connectivity index (χ3n) is 3.12. The molecule has 6 nitrogen and oxygen atoms in total. The van der Waals surface area contributed by atoms with E-state index in [4.69, 9.17) is 16.1 Å². The second-order valence-electron chi connectivity index (χ2n) is 4.86. The summed E-state index contributed by atoms with van der Waals surface area (Å²) in [5.41, 5.74) is 0.870. The fraction of sp³-hybridized carbons (Fsp3) is 0.357. The van der Waals surface area contributed by atoms with E-state index >= 15 is 0 Å². The number of benzene rings is 1. The summed E-state index contributed by atoms with van der Waals surface area (Å²) in [5, 5.41) is 11.1. The second-order valence-corrected chi connectivity index (χ2v) is 5.30. The first-order valence-corrected chi connectivity index (χ1v) is 7.18. The molecule has 7 heteroatoms. The monoisotopic (exact) mass is 305 g/mol. The van der Waals surface area contributed by atoms with Gasteiger partial charge in [-0.25, -0.2) is 0 Å². The minimum absolute atomic E-state index is 0.437. The lowest BCUT2D eigenvalue weighted by molar-refractivity contribution is 0.375. The zero-order valence-corrected chi connectivity index (χ0v) is 12.4. The fourth-order valence-corrected chi connectivity index (χ4v) is 1.94. The van der Waals surface area contributed by atoms with Crippen LogP contribution in [-0.2, 0) is 6.54 Å². The SMILES string of the molecule is CN=C(NCc1nc(-c2ccc(Cl)cc2)no1)NC1CC1. The van der Waals surface area contributed by atoms with E-state index in [1.165, 1.54) is 12.8 Å². The van der Waals surface area contributed by atoms with Crippen LogP contribution in [0.3, 0.4) is 0 Å². The van der Waals surface area contributed by atoms with Crippen molar-refractivity contribution in [1.82, 2.24) is 20.8 Å². The summed E-state index contributed by atoms with van der Waals surface area (Å²) in [5.74, 6) is 1.82. The van der Waals surface area contributed by atoms with Crippen LogP contribution in [-0.4, -0.2) is 29.2 Å². The Bertz CT molecular complexity index is 633. The number of nitrogens with one attached hydrogen (secondary N) is 2. The highest BCUT2D eigenvalue weighted by atomic mass is 35.5. The van der Waals surface area contributed by atoms with Crippen molar-refractivity contribution in [3.05, 3.63) is 35.2 Å². The van der Waals surface area contributed by atoms with Crippen LogP contribution in [0.5, 0.6) is 0 Å². The lowest BCUT2D eigenvalue weighted by Crippen LogP contribution is -2.38. The van der Waals surface area contributed by atoms with E-state index in [0.717, 1.165) is 11.5 Å². The summed E-state index contributed by atoms with van der Waals surface area (Å²) in [6.07, 6.45) is 2.39. The molecule has 0 saturated heterocycles. The van der Waals surface area contributed by atoms with Gasteiger partial charge in [0.2, 0.25) is 11.7 Å². The largest absolute Gasteiger partial charge is 0.354 e. The van der Waals surface area contributed by atoms with Crippen molar-refractivity contribution in [2.45, 2.75) is 25.4 Å². The van der Waals surface area contributed by atoms with Crippen molar-refractivity contribution in [3.63, 3.8) is 0 Å². The van der Waals surface area contributed by atoms with Gasteiger partial charge in [0, 0.05) is 23.7 Å². The predicted octanol–water partition coefficient (Wildman–Crippen LogP) is 2.22. The van der Waals surface area contributed by atoms with Gasteiger partial charge in [0.25, 0.3) is 0 Å². The zero-order valence-electron chi connectivity index (χ0n) is 11.6. The van der Waals surface area contributed by atoms with E-state index in [1.54, 1.807) is 19.2 Å². The Morgan fingerprint density at radius 2 is 2.14 bits per heavy atom. The molecule has 1 fully saturated rings. The van der Waals surface area contributed by atoms with Gasteiger partial charge in [0.15, 0.2) is 5.96 Å². The summed E-state index contributed by atoms with van der Waals surface area (Å²) in [6.45, 7) is 0.437. The Hall–Kier alpha value is -2.08. The van der Waals surface area contributed by atoms with Crippen LogP contribution < -0.4 is 10.6 Å². The molecule has 3 rings (SSSR count). The molecule has 0 unspecified atom stereocenters. The maximum Gasteiger partial charge on any atom is 0.246 e. The quantitative estimate of drug-likeness (QED) is 0.669. The third kappa shape index (κ3) is 3.72. The molecule has 0 spiro atoms. The standard InChI is InChI=1S/C14H16ClN5O/c1-16-14(18-11-6-7-11)17-8-12-19-13(20-21-12)9-2-4-10(15)5-3-9/h2-5,11H,6-8H2,1H3,(H2,16,17,18). The number of halogens is 1. The maximum atomic E-state index is 5.86. The molecule has 0 atom stereocenters. The predicted molar refractivity (Wildman–Crippen MR) is 81.1 cm³/mol. The van der Waals surface area contributed by atoms with Gasteiger partial charge >= 0.3 is 0 Å². The summed E-state index contributed by atoms with van der Waals surface area (Å²) >= 11 is 5.86. The van der Waals surface area contributed by atoms with E-state index in [-0.39, 0.29) is 0 Å². The molecule has 1 aliphatic carbocycles. The molecule has 0 aliphatic heterocycles. The summed E-state index contributed by atoms with van der Waals surface area (Å²) in [4.78, 5) is 8.49. The Balaban J connectivity index is 1.60. The highest BCUT2D eigenvalue weighted by Crippen LogP contribution is 2.19. The third-order valence-corrected chi connectivity index (χ3v) is 3.37. The Morgan fingerprint density at radius 1 is 1.38 bits per heavy atom. The molecule has 21 heavy (non-hydrogen) atoms. The number of aromatic nitrogens is 2. The molecule has 0 radical (unpaired) electrons.